The molecule has 2 atom stereocenters. The van der Waals surface area contributed by atoms with Gasteiger partial charge in [-0.15, -0.1) is 0 Å². The van der Waals surface area contributed by atoms with Gasteiger partial charge < -0.3 is 10.6 Å². The van der Waals surface area contributed by atoms with E-state index in [-0.39, 0.29) is 17.2 Å². The number of carbonyl (C=O) groups is 3. The molecule has 0 bridgehead atoms. The van der Waals surface area contributed by atoms with Crippen LogP contribution in [0.15, 0.2) is 53.4 Å². The highest BCUT2D eigenvalue weighted by Crippen LogP contribution is 2.26. The fourth-order valence-corrected chi connectivity index (χ4v) is 4.74. The number of carbonyl (C=O) groups excluding carboxylic acids is 3. The molecule has 0 aromatic heterocycles. The Morgan fingerprint density at radius 3 is 2.33 bits per heavy atom. The molecule has 1 fully saturated rings. The zero-order valence-electron chi connectivity index (χ0n) is 18.9. The molecule has 3 rings (SSSR count). The van der Waals surface area contributed by atoms with Crippen molar-refractivity contribution in [2.75, 3.05) is 5.32 Å². The van der Waals surface area contributed by atoms with Gasteiger partial charge in [-0.3, -0.25) is 14.9 Å². The van der Waals surface area contributed by atoms with Crippen molar-refractivity contribution in [3.05, 3.63) is 59.7 Å². The van der Waals surface area contributed by atoms with E-state index in [1.54, 1.807) is 43.3 Å². The zero-order valence-corrected chi connectivity index (χ0v) is 19.7. The lowest BCUT2D eigenvalue weighted by molar-refractivity contribution is -0.123. The molecule has 2 aromatic carbocycles. The monoisotopic (exact) mass is 472 g/mol. The summed E-state index contributed by atoms with van der Waals surface area (Å²) in [5.74, 6) is -0.981. The molecule has 0 saturated carbocycles. The maximum Gasteiger partial charge on any atom is 0.322 e. The maximum absolute atomic E-state index is 13.1. The summed E-state index contributed by atoms with van der Waals surface area (Å²) < 4.78 is 28.2. The molecule has 176 valence electrons. The lowest BCUT2D eigenvalue weighted by Crippen LogP contribution is -2.44. The summed E-state index contributed by atoms with van der Waals surface area (Å²) in [6.45, 7) is 7.20. The smallest absolute Gasteiger partial charge is 0.322 e. The van der Waals surface area contributed by atoms with Crippen LogP contribution in [0.1, 0.15) is 38.3 Å². The Bertz CT molecular complexity index is 1180. The summed E-state index contributed by atoms with van der Waals surface area (Å²) in [5, 5.41) is 7.50. The van der Waals surface area contributed by atoms with Crippen molar-refractivity contribution >= 4 is 33.6 Å². The maximum atomic E-state index is 13.1. The fourth-order valence-electron chi connectivity index (χ4n) is 3.54. The number of anilines is 1. The summed E-state index contributed by atoms with van der Waals surface area (Å²) in [6.07, 6.45) is 0.285. The highest BCUT2D eigenvalue weighted by atomic mass is 32.2. The Morgan fingerprint density at radius 2 is 1.76 bits per heavy atom. The van der Waals surface area contributed by atoms with Gasteiger partial charge >= 0.3 is 6.03 Å². The molecule has 1 heterocycles. The van der Waals surface area contributed by atoms with Crippen molar-refractivity contribution < 1.29 is 22.8 Å². The van der Waals surface area contributed by atoms with Gasteiger partial charge in [-0.2, -0.15) is 4.72 Å². The van der Waals surface area contributed by atoms with E-state index in [0.29, 0.717) is 11.3 Å². The summed E-state index contributed by atoms with van der Waals surface area (Å²) in [7, 11) is -3.91. The molecule has 2 aromatic rings. The van der Waals surface area contributed by atoms with E-state index in [2.05, 4.69) is 20.7 Å². The van der Waals surface area contributed by atoms with Crippen molar-refractivity contribution in [1.82, 2.24) is 15.4 Å². The van der Waals surface area contributed by atoms with Crippen LogP contribution in [0, 0.1) is 12.8 Å². The van der Waals surface area contributed by atoms with Crippen molar-refractivity contribution in [3.8, 4) is 0 Å². The average Bonchev–Trinajstić information content (AvgIpc) is 3.00. The molecule has 1 saturated heterocycles. The first kappa shape index (κ1) is 24.4. The quantitative estimate of drug-likeness (QED) is 0.438. The highest BCUT2D eigenvalue weighted by Gasteiger charge is 2.43. The van der Waals surface area contributed by atoms with Gasteiger partial charge in [0.15, 0.2) is 0 Å². The largest absolute Gasteiger partial charge is 0.325 e. The lowest BCUT2D eigenvalue weighted by atomic mass is 9.92. The number of imide groups is 1. The normalized spacial score (nSPS) is 19.2. The fraction of sp³-hybridized carbons (Fsp3) is 0.348. The minimum Gasteiger partial charge on any atom is -0.325 e. The van der Waals surface area contributed by atoms with E-state index in [1.165, 1.54) is 12.1 Å². The Kier molecular flexibility index (Phi) is 6.89. The van der Waals surface area contributed by atoms with Crippen LogP contribution in [0.2, 0.25) is 0 Å². The van der Waals surface area contributed by atoms with Gasteiger partial charge in [-0.05, 0) is 56.0 Å². The van der Waals surface area contributed by atoms with Crippen LogP contribution in [0.3, 0.4) is 0 Å². The molecule has 4 amide bonds. The van der Waals surface area contributed by atoms with Crippen molar-refractivity contribution in [3.63, 3.8) is 0 Å². The first-order chi connectivity index (χ1) is 15.4. The van der Waals surface area contributed by atoms with Gasteiger partial charge in [0.2, 0.25) is 15.9 Å². The zero-order chi connectivity index (χ0) is 24.4. The molecule has 1 aliphatic rings. The van der Waals surface area contributed by atoms with Gasteiger partial charge in [-0.1, -0.05) is 43.7 Å². The van der Waals surface area contributed by atoms with Crippen LogP contribution in [0.5, 0.6) is 0 Å². The Morgan fingerprint density at radius 1 is 1.09 bits per heavy atom. The summed E-state index contributed by atoms with van der Waals surface area (Å²) in [4.78, 5) is 36.9. The van der Waals surface area contributed by atoms with Gasteiger partial charge in [0.1, 0.15) is 11.6 Å². The van der Waals surface area contributed by atoms with Gasteiger partial charge in [-0.25, -0.2) is 13.2 Å². The third-order valence-corrected chi connectivity index (χ3v) is 6.89. The number of hydrogen-bond donors (Lipinski definition) is 4. The predicted molar refractivity (Wildman–Crippen MR) is 124 cm³/mol. The molecule has 0 spiro atoms. The number of benzene rings is 2. The first-order valence-electron chi connectivity index (χ1n) is 10.5. The predicted octanol–water partition coefficient (Wildman–Crippen LogP) is 2.38. The van der Waals surface area contributed by atoms with Crippen molar-refractivity contribution in [2.45, 2.75) is 50.6 Å². The summed E-state index contributed by atoms with van der Waals surface area (Å²) in [6, 6.07) is 11.3. The molecule has 1 aliphatic heterocycles. The van der Waals surface area contributed by atoms with Crippen LogP contribution >= 0.6 is 0 Å². The molecular formula is C23H28N4O5S. The minimum atomic E-state index is -3.91. The lowest BCUT2D eigenvalue weighted by Gasteiger charge is -2.23. The topological polar surface area (TPSA) is 133 Å². The molecule has 0 unspecified atom stereocenters. The molecule has 0 aliphatic carbocycles. The van der Waals surface area contributed by atoms with Gasteiger partial charge in [0, 0.05) is 5.69 Å². The molecule has 33 heavy (non-hydrogen) atoms. The van der Waals surface area contributed by atoms with E-state index in [1.807, 2.05) is 20.8 Å². The van der Waals surface area contributed by atoms with Crippen LogP contribution in [0.4, 0.5) is 10.5 Å². The number of hydrogen-bond acceptors (Lipinski definition) is 5. The molecule has 10 heteroatoms. The Hall–Kier alpha value is -3.24. The standard InChI is InChI=1S/C23H28N4O5S/c1-14(2)12-19(27-33(31,32)18-10-8-15(3)9-11-18)20(28)24-17-7-5-6-16(13-17)23(4)21(29)25-22(30)26-23/h5-11,13-14,19,27H,12H2,1-4H3,(H,24,28)(H2,25,26,29,30)/t19-,23-/m1/s1. The van der Waals surface area contributed by atoms with Crippen molar-refractivity contribution in [2.24, 2.45) is 5.92 Å². The first-order valence-corrected chi connectivity index (χ1v) is 12.0. The van der Waals surface area contributed by atoms with E-state index >= 15 is 0 Å². The number of aryl methyl sites for hydroxylation is 1. The summed E-state index contributed by atoms with van der Waals surface area (Å²) in [5.41, 5.74) is 0.494. The second-order valence-corrected chi connectivity index (χ2v) is 10.4. The Labute approximate surface area is 193 Å². The third-order valence-electron chi connectivity index (χ3n) is 5.40. The molecular weight excluding hydrogens is 444 g/mol. The summed E-state index contributed by atoms with van der Waals surface area (Å²) >= 11 is 0. The van der Waals surface area contributed by atoms with E-state index < -0.39 is 39.4 Å². The van der Waals surface area contributed by atoms with E-state index in [0.717, 1.165) is 5.56 Å². The Balaban J connectivity index is 1.81. The molecule has 0 radical (unpaired) electrons. The van der Waals surface area contributed by atoms with Crippen LogP contribution in [0.25, 0.3) is 0 Å². The van der Waals surface area contributed by atoms with Crippen LogP contribution < -0.4 is 20.7 Å². The number of urea groups is 1. The SMILES string of the molecule is Cc1ccc(S(=O)(=O)N[C@H](CC(C)C)C(=O)Nc2cccc([C@@]3(C)NC(=O)NC3=O)c2)cc1. The van der Waals surface area contributed by atoms with E-state index in [9.17, 15) is 22.8 Å². The molecule has 4 N–H and O–H groups in total. The van der Waals surface area contributed by atoms with Crippen LogP contribution in [-0.2, 0) is 25.2 Å². The average molecular weight is 473 g/mol. The molecule has 9 nitrogen and oxygen atoms in total. The van der Waals surface area contributed by atoms with Gasteiger partial charge in [0.05, 0.1) is 4.90 Å². The number of sulfonamides is 1. The second-order valence-electron chi connectivity index (χ2n) is 8.72. The number of amides is 4. The van der Waals surface area contributed by atoms with E-state index in [4.69, 9.17) is 0 Å². The van der Waals surface area contributed by atoms with Gasteiger partial charge in [0.25, 0.3) is 5.91 Å². The van der Waals surface area contributed by atoms with Crippen LogP contribution in [-0.4, -0.2) is 32.3 Å². The minimum absolute atomic E-state index is 0.0455. The van der Waals surface area contributed by atoms with Crippen molar-refractivity contribution in [1.29, 1.82) is 0 Å². The third kappa shape index (κ3) is 5.58. The second kappa shape index (κ2) is 9.32. The highest BCUT2D eigenvalue weighted by molar-refractivity contribution is 7.89. The number of nitrogens with one attached hydrogen (secondary N) is 4. The number of rotatable bonds is 8.